The van der Waals surface area contributed by atoms with E-state index >= 15 is 0 Å². The third kappa shape index (κ3) is 0.838. The summed E-state index contributed by atoms with van der Waals surface area (Å²) in [6.45, 7) is 2.33. The lowest BCUT2D eigenvalue weighted by atomic mass is 9.94. The maximum absolute atomic E-state index is 8.88. The quantitative estimate of drug-likeness (QED) is 0.606. The summed E-state index contributed by atoms with van der Waals surface area (Å²) in [7, 11) is 0. The Kier molecular flexibility index (Phi) is 1.37. The van der Waals surface area contributed by atoms with Crippen LogP contribution in [-0.4, -0.2) is 0 Å². The van der Waals surface area contributed by atoms with Gasteiger partial charge in [-0.1, -0.05) is 13.0 Å². The Balaban J connectivity index is 2.15. The van der Waals surface area contributed by atoms with Crippen molar-refractivity contribution in [2.75, 3.05) is 0 Å². The fraction of sp³-hybridized carbons (Fsp3) is 0.462. The largest absolute Gasteiger partial charge is 0.192 e. The van der Waals surface area contributed by atoms with Crippen molar-refractivity contribution in [3.05, 3.63) is 34.9 Å². The first-order valence-corrected chi connectivity index (χ1v) is 5.30. The predicted octanol–water partition coefficient (Wildman–Crippen LogP) is 2.78. The van der Waals surface area contributed by atoms with Gasteiger partial charge in [0.25, 0.3) is 0 Å². The molecule has 1 heteroatoms. The Bertz CT molecular complexity index is 441. The summed E-state index contributed by atoms with van der Waals surface area (Å²) in [6.07, 6.45) is 3.85. The van der Waals surface area contributed by atoms with Crippen LogP contribution in [-0.2, 0) is 11.8 Å². The molecular weight excluding hydrogens is 170 g/mol. The second kappa shape index (κ2) is 2.39. The highest BCUT2D eigenvalue weighted by Crippen LogP contribution is 2.61. The molecule has 0 heterocycles. The number of nitrogens with zero attached hydrogens (tertiary/aromatic N) is 1. The number of rotatable bonds is 0. The van der Waals surface area contributed by atoms with E-state index in [1.807, 2.05) is 6.07 Å². The molecule has 1 saturated carbocycles. The molecule has 1 aromatic rings. The van der Waals surface area contributed by atoms with E-state index in [0.29, 0.717) is 5.41 Å². The summed E-state index contributed by atoms with van der Waals surface area (Å²) in [5.41, 5.74) is 4.25. The van der Waals surface area contributed by atoms with Crippen LogP contribution in [0.2, 0.25) is 0 Å². The number of nitriles is 1. The molecule has 14 heavy (non-hydrogen) atoms. The Morgan fingerprint density at radius 2 is 2.29 bits per heavy atom. The van der Waals surface area contributed by atoms with Gasteiger partial charge in [-0.15, -0.1) is 0 Å². The Morgan fingerprint density at radius 1 is 1.50 bits per heavy atom. The minimum Gasteiger partial charge on any atom is -0.192 e. The summed E-state index contributed by atoms with van der Waals surface area (Å²) >= 11 is 0. The van der Waals surface area contributed by atoms with Crippen LogP contribution in [0, 0.1) is 17.2 Å². The van der Waals surface area contributed by atoms with Crippen molar-refractivity contribution in [3.63, 3.8) is 0 Å². The molecule has 2 aliphatic rings. The van der Waals surface area contributed by atoms with Gasteiger partial charge in [0.2, 0.25) is 0 Å². The van der Waals surface area contributed by atoms with Crippen molar-refractivity contribution in [3.8, 4) is 6.07 Å². The second-order valence-corrected chi connectivity index (χ2v) is 4.75. The molecule has 1 fully saturated rings. The van der Waals surface area contributed by atoms with E-state index in [1.165, 1.54) is 30.4 Å². The number of hydrogen-bond donors (Lipinski definition) is 0. The molecule has 70 valence electrons. The van der Waals surface area contributed by atoms with Crippen molar-refractivity contribution >= 4 is 0 Å². The smallest absolute Gasteiger partial charge is 0.0991 e. The van der Waals surface area contributed by atoms with Gasteiger partial charge in [0.1, 0.15) is 0 Å². The zero-order chi connectivity index (χ0) is 9.76. The van der Waals surface area contributed by atoms with Crippen LogP contribution in [0.5, 0.6) is 0 Å². The van der Waals surface area contributed by atoms with Crippen molar-refractivity contribution in [1.29, 1.82) is 5.26 Å². The van der Waals surface area contributed by atoms with Crippen LogP contribution in [0.15, 0.2) is 18.2 Å². The summed E-state index contributed by atoms with van der Waals surface area (Å²) in [5, 5.41) is 8.88. The predicted molar refractivity (Wildman–Crippen MR) is 54.9 cm³/mol. The lowest BCUT2D eigenvalue weighted by molar-refractivity contribution is 0.622. The van der Waals surface area contributed by atoms with Gasteiger partial charge >= 0.3 is 0 Å². The van der Waals surface area contributed by atoms with Gasteiger partial charge < -0.3 is 0 Å². The maximum atomic E-state index is 8.88. The average Bonchev–Trinajstić information content (AvgIpc) is 2.71. The van der Waals surface area contributed by atoms with Crippen LogP contribution < -0.4 is 0 Å². The summed E-state index contributed by atoms with van der Waals surface area (Å²) < 4.78 is 0. The first-order valence-electron chi connectivity index (χ1n) is 5.30. The second-order valence-electron chi connectivity index (χ2n) is 4.75. The number of benzene rings is 1. The molecule has 1 aromatic carbocycles. The van der Waals surface area contributed by atoms with Crippen molar-refractivity contribution in [2.24, 2.45) is 5.92 Å². The first kappa shape index (κ1) is 8.05. The lowest BCUT2D eigenvalue weighted by Crippen LogP contribution is -2.03. The van der Waals surface area contributed by atoms with Crippen LogP contribution in [0.1, 0.15) is 36.5 Å². The Labute approximate surface area is 84.4 Å². The van der Waals surface area contributed by atoms with Crippen molar-refractivity contribution in [1.82, 2.24) is 0 Å². The molecule has 1 spiro atoms. The van der Waals surface area contributed by atoms with Gasteiger partial charge in [-0.05, 0) is 53.9 Å². The molecule has 3 rings (SSSR count). The molecule has 0 aliphatic heterocycles. The van der Waals surface area contributed by atoms with E-state index in [4.69, 9.17) is 5.26 Å². The summed E-state index contributed by atoms with van der Waals surface area (Å²) in [4.78, 5) is 0. The maximum Gasteiger partial charge on any atom is 0.0991 e. The number of fused-ring (bicyclic) bond motifs is 2. The molecule has 0 amide bonds. The molecular formula is C13H13N. The fourth-order valence-corrected chi connectivity index (χ4v) is 3.03. The molecule has 0 bridgehead atoms. The third-order valence-electron chi connectivity index (χ3n) is 4.07. The van der Waals surface area contributed by atoms with Crippen LogP contribution in [0.4, 0.5) is 0 Å². The molecule has 0 radical (unpaired) electrons. The lowest BCUT2D eigenvalue weighted by Gasteiger charge is -2.09. The standard InChI is InChI=1S/C13H13N/c1-9-7-13(9)5-4-11-3-2-10(8-14)6-12(11)13/h2-3,6,9H,4-5,7H2,1H3. The zero-order valence-corrected chi connectivity index (χ0v) is 8.38. The van der Waals surface area contributed by atoms with E-state index in [2.05, 4.69) is 25.1 Å². The van der Waals surface area contributed by atoms with Crippen LogP contribution >= 0.6 is 0 Å². The normalized spacial score (nSPS) is 32.7. The van der Waals surface area contributed by atoms with Gasteiger partial charge in [-0.2, -0.15) is 5.26 Å². The van der Waals surface area contributed by atoms with E-state index < -0.39 is 0 Å². The summed E-state index contributed by atoms with van der Waals surface area (Å²) in [6, 6.07) is 8.45. The van der Waals surface area contributed by atoms with Gasteiger partial charge in [0.05, 0.1) is 11.6 Å². The minimum atomic E-state index is 0.474. The van der Waals surface area contributed by atoms with E-state index in [-0.39, 0.29) is 0 Å². The SMILES string of the molecule is CC1CC12CCc1ccc(C#N)cc12. The Morgan fingerprint density at radius 3 is 2.93 bits per heavy atom. The average molecular weight is 183 g/mol. The van der Waals surface area contributed by atoms with Gasteiger partial charge in [-0.3, -0.25) is 0 Å². The Hall–Kier alpha value is -1.29. The highest BCUT2D eigenvalue weighted by molar-refractivity contribution is 5.49. The highest BCUT2D eigenvalue weighted by Gasteiger charge is 2.55. The molecule has 1 nitrogen and oxygen atoms in total. The first-order chi connectivity index (χ1) is 6.76. The highest BCUT2D eigenvalue weighted by atomic mass is 14.6. The van der Waals surface area contributed by atoms with E-state index in [0.717, 1.165) is 11.5 Å². The molecule has 2 aliphatic carbocycles. The number of hydrogen-bond acceptors (Lipinski definition) is 1. The van der Waals surface area contributed by atoms with Crippen LogP contribution in [0.3, 0.4) is 0 Å². The minimum absolute atomic E-state index is 0.474. The van der Waals surface area contributed by atoms with Crippen molar-refractivity contribution in [2.45, 2.75) is 31.6 Å². The fourth-order valence-electron chi connectivity index (χ4n) is 3.03. The van der Waals surface area contributed by atoms with Gasteiger partial charge in [-0.25, -0.2) is 0 Å². The van der Waals surface area contributed by atoms with E-state index in [9.17, 15) is 0 Å². The summed E-state index contributed by atoms with van der Waals surface area (Å²) in [5.74, 6) is 0.831. The molecule has 0 saturated heterocycles. The van der Waals surface area contributed by atoms with Gasteiger partial charge in [0.15, 0.2) is 0 Å². The topological polar surface area (TPSA) is 23.8 Å². The van der Waals surface area contributed by atoms with Crippen LogP contribution in [0.25, 0.3) is 0 Å². The monoisotopic (exact) mass is 183 g/mol. The molecule has 0 N–H and O–H groups in total. The number of aryl methyl sites for hydroxylation is 1. The molecule has 2 unspecified atom stereocenters. The molecule has 0 aromatic heterocycles. The third-order valence-corrected chi connectivity index (χ3v) is 4.07. The van der Waals surface area contributed by atoms with E-state index in [1.54, 1.807) is 0 Å². The zero-order valence-electron chi connectivity index (χ0n) is 8.38. The van der Waals surface area contributed by atoms with Gasteiger partial charge in [0, 0.05) is 0 Å². The molecule has 2 atom stereocenters. The van der Waals surface area contributed by atoms with Crippen molar-refractivity contribution < 1.29 is 0 Å².